The minimum atomic E-state index is -0.285. The lowest BCUT2D eigenvalue weighted by atomic mass is 10.1. The number of piperidine rings is 1. The van der Waals surface area contributed by atoms with E-state index in [2.05, 4.69) is 11.8 Å². The first-order valence-corrected chi connectivity index (χ1v) is 11.1. The Hall–Kier alpha value is -1.46. The maximum atomic E-state index is 12.7. The number of unbranched alkanes of at least 4 members (excludes halogenated alkanes) is 3. The van der Waals surface area contributed by atoms with Crippen molar-refractivity contribution in [2.24, 2.45) is 0 Å². The molecule has 0 aliphatic carbocycles. The molecule has 0 spiro atoms. The normalized spacial score (nSPS) is 15.3. The van der Waals surface area contributed by atoms with Crippen molar-refractivity contribution in [3.05, 3.63) is 24.3 Å². The predicted molar refractivity (Wildman–Crippen MR) is 123 cm³/mol. The van der Waals surface area contributed by atoms with Crippen molar-refractivity contribution < 1.29 is 14.3 Å². The molecule has 1 fully saturated rings. The molecule has 0 bridgehead atoms. The number of hydrogen-bond donors (Lipinski definition) is 0. The average molecular weight is 427 g/mol. The number of halogens is 1. The van der Waals surface area contributed by atoms with E-state index in [9.17, 15) is 4.79 Å². The highest BCUT2D eigenvalue weighted by atomic mass is 35.5. The monoisotopic (exact) mass is 426 g/mol. The molecule has 1 aliphatic heterocycles. The first kappa shape index (κ1) is 25.6. The third-order valence-electron chi connectivity index (χ3n) is 5.20. The fourth-order valence-corrected chi connectivity index (χ4v) is 3.66. The van der Waals surface area contributed by atoms with Crippen LogP contribution in [0.5, 0.6) is 5.75 Å². The maximum absolute atomic E-state index is 12.7. The number of hydrogen-bond acceptors (Lipinski definition) is 4. The molecule has 6 heteroatoms. The molecule has 1 aromatic rings. The van der Waals surface area contributed by atoms with Gasteiger partial charge in [-0.15, -0.1) is 12.4 Å². The van der Waals surface area contributed by atoms with Crippen molar-refractivity contribution >= 4 is 24.2 Å². The Morgan fingerprint density at radius 3 is 2.59 bits per heavy atom. The van der Waals surface area contributed by atoms with Crippen LogP contribution in [0.15, 0.2) is 24.3 Å². The van der Waals surface area contributed by atoms with E-state index in [1.165, 1.54) is 38.5 Å². The van der Waals surface area contributed by atoms with Gasteiger partial charge in [0.15, 0.2) is 0 Å². The Morgan fingerprint density at radius 2 is 1.90 bits per heavy atom. The second kappa shape index (κ2) is 14.5. The van der Waals surface area contributed by atoms with Crippen LogP contribution in [-0.4, -0.2) is 49.9 Å². The van der Waals surface area contributed by atoms with Gasteiger partial charge in [0.25, 0.3) is 0 Å². The number of anilines is 1. The third kappa shape index (κ3) is 9.26. The number of rotatable bonds is 11. The largest absolute Gasteiger partial charge is 0.494 e. The third-order valence-corrected chi connectivity index (χ3v) is 5.20. The zero-order valence-corrected chi connectivity index (χ0v) is 19.2. The quantitative estimate of drug-likeness (QED) is 0.413. The number of carbonyl (C=O) groups is 1. The fourth-order valence-electron chi connectivity index (χ4n) is 3.66. The van der Waals surface area contributed by atoms with Gasteiger partial charge in [0.1, 0.15) is 11.9 Å². The van der Waals surface area contributed by atoms with E-state index >= 15 is 0 Å². The van der Waals surface area contributed by atoms with Gasteiger partial charge in [-0.05, 0) is 58.3 Å². The van der Waals surface area contributed by atoms with Gasteiger partial charge in [0.05, 0.1) is 12.3 Å². The minimum absolute atomic E-state index is 0. The van der Waals surface area contributed by atoms with E-state index in [0.717, 1.165) is 37.5 Å². The molecule has 0 aromatic heterocycles. The highest BCUT2D eigenvalue weighted by Gasteiger charge is 2.21. The molecule has 1 atom stereocenters. The van der Waals surface area contributed by atoms with Crippen LogP contribution in [0.1, 0.15) is 65.7 Å². The van der Waals surface area contributed by atoms with Crippen molar-refractivity contribution in [2.75, 3.05) is 37.7 Å². The van der Waals surface area contributed by atoms with Crippen LogP contribution in [0.4, 0.5) is 10.5 Å². The first-order chi connectivity index (χ1) is 13.6. The summed E-state index contributed by atoms with van der Waals surface area (Å²) in [5, 5.41) is 0. The summed E-state index contributed by atoms with van der Waals surface area (Å²) < 4.78 is 11.6. The van der Waals surface area contributed by atoms with Crippen LogP contribution in [0.25, 0.3) is 0 Å². The molecule has 29 heavy (non-hydrogen) atoms. The van der Waals surface area contributed by atoms with Gasteiger partial charge in [-0.1, -0.05) is 38.7 Å². The van der Waals surface area contributed by atoms with E-state index in [1.54, 1.807) is 4.90 Å². The fraction of sp³-hybridized carbons (Fsp3) is 0.696. The summed E-state index contributed by atoms with van der Waals surface area (Å²) in [6, 6.07) is 7.75. The van der Waals surface area contributed by atoms with Gasteiger partial charge in [-0.2, -0.15) is 0 Å². The van der Waals surface area contributed by atoms with Crippen molar-refractivity contribution in [2.45, 2.75) is 71.8 Å². The van der Waals surface area contributed by atoms with Gasteiger partial charge in [-0.25, -0.2) is 4.79 Å². The highest BCUT2D eigenvalue weighted by molar-refractivity contribution is 5.87. The van der Waals surface area contributed by atoms with Crippen molar-refractivity contribution in [3.63, 3.8) is 0 Å². The molecule has 1 aliphatic rings. The van der Waals surface area contributed by atoms with Gasteiger partial charge in [0, 0.05) is 19.2 Å². The Kier molecular flexibility index (Phi) is 12.8. The van der Waals surface area contributed by atoms with Gasteiger partial charge < -0.3 is 9.47 Å². The first-order valence-electron chi connectivity index (χ1n) is 11.1. The minimum Gasteiger partial charge on any atom is -0.494 e. The summed E-state index contributed by atoms with van der Waals surface area (Å²) in [5.74, 6) is 0.807. The number of amides is 1. The standard InChI is InChI=1S/C23H38N2O3.ClH/c1-4-6-7-11-17-27-22-14-12-13-21(18-22)25(5-2)23(26)28-20(3)19-24-15-9-8-10-16-24;/h12-14,18,20H,4-11,15-17,19H2,1-3H3;1H. The summed E-state index contributed by atoms with van der Waals surface area (Å²) in [7, 11) is 0. The van der Waals surface area contributed by atoms with Crippen LogP contribution < -0.4 is 9.64 Å². The van der Waals surface area contributed by atoms with E-state index < -0.39 is 0 Å². The Labute approximate surface area is 183 Å². The summed E-state index contributed by atoms with van der Waals surface area (Å²) in [6.45, 7) is 10.5. The summed E-state index contributed by atoms with van der Waals surface area (Å²) in [6.07, 6.45) is 8.12. The van der Waals surface area contributed by atoms with E-state index in [4.69, 9.17) is 9.47 Å². The molecule has 1 unspecified atom stereocenters. The van der Waals surface area contributed by atoms with Crippen LogP contribution in [0, 0.1) is 0 Å². The lowest BCUT2D eigenvalue weighted by Gasteiger charge is -2.30. The second-order valence-electron chi connectivity index (χ2n) is 7.71. The van der Waals surface area contributed by atoms with Crippen molar-refractivity contribution in [1.82, 2.24) is 4.90 Å². The molecule has 2 rings (SSSR count). The van der Waals surface area contributed by atoms with Gasteiger partial charge >= 0.3 is 6.09 Å². The van der Waals surface area contributed by atoms with Crippen molar-refractivity contribution in [3.8, 4) is 5.75 Å². The van der Waals surface area contributed by atoms with Crippen LogP contribution in [0.2, 0.25) is 0 Å². The lowest BCUT2D eigenvalue weighted by Crippen LogP contribution is -2.40. The molecule has 0 saturated carbocycles. The average Bonchev–Trinajstić information content (AvgIpc) is 2.69. The number of nitrogens with zero attached hydrogens (tertiary/aromatic N) is 2. The Bertz CT molecular complexity index is 579. The van der Waals surface area contributed by atoms with E-state index in [1.807, 2.05) is 38.1 Å². The molecule has 1 saturated heterocycles. The molecule has 5 nitrogen and oxygen atoms in total. The molecule has 166 valence electrons. The van der Waals surface area contributed by atoms with Crippen molar-refractivity contribution in [1.29, 1.82) is 0 Å². The lowest BCUT2D eigenvalue weighted by molar-refractivity contribution is 0.0788. The molecular weight excluding hydrogens is 388 g/mol. The van der Waals surface area contributed by atoms with Crippen LogP contribution in [-0.2, 0) is 4.74 Å². The smallest absolute Gasteiger partial charge is 0.414 e. The van der Waals surface area contributed by atoms with Gasteiger partial charge in [-0.3, -0.25) is 9.80 Å². The van der Waals surface area contributed by atoms with Gasteiger partial charge in [0.2, 0.25) is 0 Å². The molecule has 1 heterocycles. The maximum Gasteiger partial charge on any atom is 0.414 e. The molecule has 1 aromatic carbocycles. The molecule has 0 radical (unpaired) electrons. The number of likely N-dealkylation sites (tertiary alicyclic amines) is 1. The summed E-state index contributed by atoms with van der Waals surface area (Å²) >= 11 is 0. The summed E-state index contributed by atoms with van der Waals surface area (Å²) in [5.41, 5.74) is 0.823. The zero-order chi connectivity index (χ0) is 20.2. The topological polar surface area (TPSA) is 42.0 Å². The Morgan fingerprint density at radius 1 is 1.14 bits per heavy atom. The number of ether oxygens (including phenoxy) is 2. The molecule has 1 amide bonds. The summed E-state index contributed by atoms with van der Waals surface area (Å²) in [4.78, 5) is 16.8. The zero-order valence-electron chi connectivity index (χ0n) is 18.4. The van der Waals surface area contributed by atoms with E-state index in [-0.39, 0.29) is 24.6 Å². The molecule has 0 N–H and O–H groups in total. The SMILES string of the molecule is CCCCCCOc1cccc(N(CC)C(=O)OC(C)CN2CCCCC2)c1.Cl. The number of carbonyl (C=O) groups excluding carboxylic acids is 1. The predicted octanol–water partition coefficient (Wildman–Crippen LogP) is 5.90. The number of benzene rings is 1. The highest BCUT2D eigenvalue weighted by Crippen LogP contribution is 2.23. The molecular formula is C23H39ClN2O3. The van der Waals surface area contributed by atoms with Crippen LogP contribution in [0.3, 0.4) is 0 Å². The van der Waals surface area contributed by atoms with E-state index in [0.29, 0.717) is 13.2 Å². The second-order valence-corrected chi connectivity index (χ2v) is 7.71. The Balaban J connectivity index is 0.00000420. The van der Waals surface area contributed by atoms with Crippen LogP contribution >= 0.6 is 12.4 Å².